The van der Waals surface area contributed by atoms with E-state index in [0.29, 0.717) is 29.5 Å². The number of likely N-dealkylation sites (N-methyl/N-ethyl adjacent to an activating group) is 1. The Morgan fingerprint density at radius 1 is 1.09 bits per heavy atom. The summed E-state index contributed by atoms with van der Waals surface area (Å²) in [5.74, 6) is -0.339. The third-order valence-corrected chi connectivity index (χ3v) is 5.71. The normalized spacial score (nSPS) is 11.6. The van der Waals surface area contributed by atoms with Crippen molar-refractivity contribution in [1.82, 2.24) is 10.2 Å². The molecular formula is C23H30N2O6S. The molecule has 0 saturated heterocycles. The predicted molar refractivity (Wildman–Crippen MR) is 122 cm³/mol. The lowest BCUT2D eigenvalue weighted by Gasteiger charge is -2.23. The van der Waals surface area contributed by atoms with Crippen LogP contribution in [0.5, 0.6) is 11.5 Å². The largest absolute Gasteiger partial charge is 0.493 e. The molecule has 0 saturated carbocycles. The van der Waals surface area contributed by atoms with Crippen LogP contribution >= 0.6 is 11.3 Å². The summed E-state index contributed by atoms with van der Waals surface area (Å²) in [7, 11) is 3.10. The van der Waals surface area contributed by atoms with Crippen molar-refractivity contribution in [3.05, 3.63) is 46.2 Å². The van der Waals surface area contributed by atoms with E-state index in [0.717, 1.165) is 5.56 Å². The van der Waals surface area contributed by atoms with Crippen LogP contribution in [-0.2, 0) is 20.9 Å². The number of amides is 2. The second-order valence-electron chi connectivity index (χ2n) is 7.38. The van der Waals surface area contributed by atoms with Gasteiger partial charge in [-0.3, -0.25) is 9.59 Å². The molecule has 1 aromatic heterocycles. The highest BCUT2D eigenvalue weighted by Gasteiger charge is 2.27. The molecule has 0 aliphatic rings. The molecule has 9 heteroatoms. The van der Waals surface area contributed by atoms with Crippen LogP contribution in [0.4, 0.5) is 0 Å². The minimum atomic E-state index is -0.849. The number of benzene rings is 1. The lowest BCUT2D eigenvalue weighted by atomic mass is 10.0. The van der Waals surface area contributed by atoms with Gasteiger partial charge in [0.15, 0.2) is 18.1 Å². The van der Waals surface area contributed by atoms with Gasteiger partial charge in [-0.15, -0.1) is 11.3 Å². The maximum absolute atomic E-state index is 12.7. The zero-order valence-corrected chi connectivity index (χ0v) is 19.9. The minimum Gasteiger partial charge on any atom is -0.493 e. The molecule has 1 heterocycles. The Kier molecular flexibility index (Phi) is 9.52. The highest BCUT2D eigenvalue weighted by atomic mass is 32.1. The van der Waals surface area contributed by atoms with E-state index in [9.17, 15) is 14.4 Å². The number of carbonyl (C=O) groups excluding carboxylic acids is 3. The number of nitrogens with zero attached hydrogens (tertiary/aromatic N) is 1. The van der Waals surface area contributed by atoms with Crippen molar-refractivity contribution in [2.24, 2.45) is 5.92 Å². The first-order valence-corrected chi connectivity index (χ1v) is 11.2. The van der Waals surface area contributed by atoms with Crippen molar-refractivity contribution in [2.45, 2.75) is 33.4 Å². The van der Waals surface area contributed by atoms with Gasteiger partial charge in [-0.25, -0.2) is 4.79 Å². The van der Waals surface area contributed by atoms with Crippen LogP contribution in [0.2, 0.25) is 0 Å². The van der Waals surface area contributed by atoms with E-state index in [1.54, 1.807) is 62.6 Å². The van der Waals surface area contributed by atoms with Gasteiger partial charge in [0.1, 0.15) is 6.04 Å². The van der Waals surface area contributed by atoms with Gasteiger partial charge in [0.05, 0.1) is 19.1 Å². The summed E-state index contributed by atoms with van der Waals surface area (Å²) < 4.78 is 15.8. The summed E-state index contributed by atoms with van der Waals surface area (Å²) in [6.07, 6.45) is 0. The Balaban J connectivity index is 1.97. The smallest absolute Gasteiger partial charge is 0.329 e. The van der Waals surface area contributed by atoms with Gasteiger partial charge >= 0.3 is 5.97 Å². The van der Waals surface area contributed by atoms with E-state index in [2.05, 4.69) is 5.32 Å². The molecular weight excluding hydrogens is 432 g/mol. The first-order chi connectivity index (χ1) is 15.3. The van der Waals surface area contributed by atoms with Gasteiger partial charge in [-0.05, 0) is 42.0 Å². The molecule has 1 atom stereocenters. The van der Waals surface area contributed by atoms with Crippen molar-refractivity contribution in [3.63, 3.8) is 0 Å². The fourth-order valence-corrected chi connectivity index (χ4v) is 3.63. The molecule has 0 radical (unpaired) electrons. The van der Waals surface area contributed by atoms with Crippen molar-refractivity contribution in [3.8, 4) is 11.5 Å². The van der Waals surface area contributed by atoms with Gasteiger partial charge < -0.3 is 24.4 Å². The second-order valence-corrected chi connectivity index (χ2v) is 8.33. The van der Waals surface area contributed by atoms with Crippen molar-refractivity contribution in [1.29, 1.82) is 0 Å². The zero-order chi connectivity index (χ0) is 23.7. The van der Waals surface area contributed by atoms with Crippen molar-refractivity contribution in [2.75, 3.05) is 27.4 Å². The van der Waals surface area contributed by atoms with Crippen LogP contribution in [-0.4, -0.2) is 56.1 Å². The Hall–Kier alpha value is -3.07. The van der Waals surface area contributed by atoms with Crippen LogP contribution in [0.1, 0.15) is 36.0 Å². The first-order valence-electron chi connectivity index (χ1n) is 10.3. The van der Waals surface area contributed by atoms with Crippen LogP contribution < -0.4 is 14.8 Å². The monoisotopic (exact) mass is 462 g/mol. The number of methoxy groups -OCH3 is 2. The number of hydrogen-bond acceptors (Lipinski definition) is 7. The van der Waals surface area contributed by atoms with E-state index in [1.165, 1.54) is 11.3 Å². The molecule has 8 nitrogen and oxygen atoms in total. The molecule has 174 valence electrons. The zero-order valence-electron chi connectivity index (χ0n) is 19.0. The standard InChI is InChI=1S/C23H30N2O6S/c1-6-25(13-16-9-10-17(29-4)18(12-16)30-5)20(26)14-31-23(28)21(15(2)3)24-22(27)19-8-7-11-32-19/h7-12,15,21H,6,13-14H2,1-5H3,(H,24,27). The average Bonchev–Trinajstić information content (AvgIpc) is 3.33. The first kappa shape index (κ1) is 25.2. The number of hydrogen-bond donors (Lipinski definition) is 1. The van der Waals surface area contributed by atoms with E-state index < -0.39 is 18.6 Å². The van der Waals surface area contributed by atoms with Crippen LogP contribution in [0, 0.1) is 5.92 Å². The Morgan fingerprint density at radius 2 is 1.81 bits per heavy atom. The molecule has 1 aromatic carbocycles. The molecule has 2 rings (SSSR count). The molecule has 2 aromatic rings. The molecule has 0 fully saturated rings. The summed E-state index contributed by atoms with van der Waals surface area (Å²) in [4.78, 5) is 39.6. The highest BCUT2D eigenvalue weighted by Crippen LogP contribution is 2.28. The minimum absolute atomic E-state index is 0.199. The van der Waals surface area contributed by atoms with Gasteiger partial charge in [0, 0.05) is 13.1 Å². The number of nitrogens with one attached hydrogen (secondary N) is 1. The summed E-state index contributed by atoms with van der Waals surface area (Å²) >= 11 is 1.29. The Morgan fingerprint density at radius 3 is 2.38 bits per heavy atom. The topological polar surface area (TPSA) is 94.2 Å². The van der Waals surface area contributed by atoms with E-state index in [-0.39, 0.29) is 17.7 Å². The summed E-state index contributed by atoms with van der Waals surface area (Å²) in [5.41, 5.74) is 0.854. The summed E-state index contributed by atoms with van der Waals surface area (Å²) in [6, 6.07) is 8.01. The van der Waals surface area contributed by atoms with Crippen LogP contribution in [0.15, 0.2) is 35.7 Å². The highest BCUT2D eigenvalue weighted by molar-refractivity contribution is 7.12. The number of ether oxygens (including phenoxy) is 3. The van der Waals surface area contributed by atoms with Crippen molar-refractivity contribution >= 4 is 29.1 Å². The van der Waals surface area contributed by atoms with Gasteiger partial charge in [0.25, 0.3) is 11.8 Å². The van der Waals surface area contributed by atoms with Gasteiger partial charge in [-0.1, -0.05) is 26.0 Å². The second kappa shape index (κ2) is 12.1. The Labute approximate surface area is 192 Å². The van der Waals surface area contributed by atoms with E-state index >= 15 is 0 Å². The molecule has 1 N–H and O–H groups in total. The third kappa shape index (κ3) is 6.71. The SMILES string of the molecule is CCN(Cc1ccc(OC)c(OC)c1)C(=O)COC(=O)C(NC(=O)c1cccs1)C(C)C. The molecule has 32 heavy (non-hydrogen) atoms. The maximum Gasteiger partial charge on any atom is 0.329 e. The Bertz CT molecular complexity index is 913. The average molecular weight is 463 g/mol. The van der Waals surface area contributed by atoms with Crippen LogP contribution in [0.3, 0.4) is 0 Å². The van der Waals surface area contributed by atoms with Gasteiger partial charge in [0.2, 0.25) is 0 Å². The quantitative estimate of drug-likeness (QED) is 0.516. The molecule has 0 spiro atoms. The molecule has 0 bridgehead atoms. The number of carbonyl (C=O) groups is 3. The van der Waals surface area contributed by atoms with Crippen molar-refractivity contribution < 1.29 is 28.6 Å². The lowest BCUT2D eigenvalue weighted by Crippen LogP contribution is -2.46. The van der Waals surface area contributed by atoms with Crippen LogP contribution in [0.25, 0.3) is 0 Å². The maximum atomic E-state index is 12.7. The van der Waals surface area contributed by atoms with E-state index in [1.807, 2.05) is 13.0 Å². The summed E-state index contributed by atoms with van der Waals surface area (Å²) in [6.45, 7) is 5.82. The molecule has 0 aliphatic heterocycles. The number of rotatable bonds is 11. The fraction of sp³-hybridized carbons (Fsp3) is 0.435. The molecule has 1 unspecified atom stereocenters. The fourth-order valence-electron chi connectivity index (χ4n) is 3.01. The summed E-state index contributed by atoms with van der Waals surface area (Å²) in [5, 5.41) is 4.48. The predicted octanol–water partition coefficient (Wildman–Crippen LogP) is 3.11. The number of esters is 1. The van der Waals surface area contributed by atoms with Gasteiger partial charge in [-0.2, -0.15) is 0 Å². The third-order valence-electron chi connectivity index (χ3n) is 4.85. The number of thiophene rings is 1. The molecule has 2 amide bonds. The lowest BCUT2D eigenvalue weighted by molar-refractivity contribution is -0.154. The molecule has 0 aliphatic carbocycles. The van der Waals surface area contributed by atoms with E-state index in [4.69, 9.17) is 14.2 Å².